The summed E-state index contributed by atoms with van der Waals surface area (Å²) in [5.74, 6) is 1.19. The highest BCUT2D eigenvalue weighted by molar-refractivity contribution is 5.86. The zero-order valence-corrected chi connectivity index (χ0v) is 16.6. The Morgan fingerprint density at radius 1 is 1.00 bits per heavy atom. The molecule has 1 rings (SSSR count). The summed E-state index contributed by atoms with van der Waals surface area (Å²) >= 11 is 0. The van der Waals surface area contributed by atoms with Crippen LogP contribution in [0.3, 0.4) is 0 Å². The highest BCUT2D eigenvalue weighted by atomic mass is 16.5. The number of ether oxygens (including phenoxy) is 2. The van der Waals surface area contributed by atoms with Crippen LogP contribution in [-0.2, 0) is 4.79 Å². The second kappa shape index (κ2) is 14.2. The van der Waals surface area contributed by atoms with Crippen LogP contribution in [-0.4, -0.2) is 26.3 Å². The SMILES string of the molecule is CCCCCCCCCCCC(=O)N/N=C/c1cccc(OC)c1OC. The molecule has 0 heterocycles. The number of nitrogens with zero attached hydrogens (tertiary/aromatic N) is 1. The summed E-state index contributed by atoms with van der Waals surface area (Å²) in [4.78, 5) is 11.8. The Bertz CT molecular complexity index is 544. The van der Waals surface area contributed by atoms with Gasteiger partial charge in [0.15, 0.2) is 11.5 Å². The number of unbranched alkanes of at least 4 members (excludes halogenated alkanes) is 8. The van der Waals surface area contributed by atoms with E-state index in [0.717, 1.165) is 18.4 Å². The molecule has 1 aromatic rings. The standard InChI is InChI=1S/C21H34N2O3/c1-4-5-6-7-8-9-10-11-12-16-20(24)23-22-17-18-14-13-15-19(25-2)21(18)26-3/h13-15,17H,4-12,16H2,1-3H3,(H,23,24)/b22-17+. The summed E-state index contributed by atoms with van der Waals surface area (Å²) in [7, 11) is 3.17. The van der Waals surface area contributed by atoms with Crippen molar-refractivity contribution in [3.63, 3.8) is 0 Å². The van der Waals surface area contributed by atoms with E-state index < -0.39 is 0 Å². The average molecular weight is 363 g/mol. The smallest absolute Gasteiger partial charge is 0.240 e. The van der Waals surface area contributed by atoms with Crippen LogP contribution in [0.2, 0.25) is 0 Å². The topological polar surface area (TPSA) is 59.9 Å². The molecule has 0 bridgehead atoms. The number of rotatable bonds is 14. The van der Waals surface area contributed by atoms with Crippen molar-refractivity contribution >= 4 is 12.1 Å². The van der Waals surface area contributed by atoms with Gasteiger partial charge in [-0.2, -0.15) is 5.10 Å². The van der Waals surface area contributed by atoms with E-state index in [4.69, 9.17) is 9.47 Å². The third-order valence-corrected chi connectivity index (χ3v) is 4.33. The van der Waals surface area contributed by atoms with Gasteiger partial charge in [0.25, 0.3) is 0 Å². The second-order valence-corrected chi connectivity index (χ2v) is 6.45. The number of nitrogens with one attached hydrogen (secondary N) is 1. The molecule has 0 aliphatic carbocycles. The summed E-state index contributed by atoms with van der Waals surface area (Å²) in [5.41, 5.74) is 3.34. The quantitative estimate of drug-likeness (QED) is 0.285. The molecule has 0 aromatic heterocycles. The van der Waals surface area contributed by atoms with E-state index in [1.54, 1.807) is 20.4 Å². The molecule has 26 heavy (non-hydrogen) atoms. The molecule has 0 saturated carbocycles. The van der Waals surface area contributed by atoms with Gasteiger partial charge in [-0.1, -0.05) is 64.4 Å². The van der Waals surface area contributed by atoms with Gasteiger partial charge in [0.05, 0.1) is 20.4 Å². The lowest BCUT2D eigenvalue weighted by Crippen LogP contribution is -2.17. The van der Waals surface area contributed by atoms with Crippen LogP contribution in [0.5, 0.6) is 11.5 Å². The molecule has 1 amide bonds. The molecule has 0 fully saturated rings. The molecule has 0 unspecified atom stereocenters. The lowest BCUT2D eigenvalue weighted by molar-refractivity contribution is -0.121. The predicted octanol–water partition coefficient (Wildman–Crippen LogP) is 5.07. The number of carbonyl (C=O) groups is 1. The van der Waals surface area contributed by atoms with Crippen LogP contribution < -0.4 is 14.9 Å². The van der Waals surface area contributed by atoms with Crippen LogP contribution in [0.15, 0.2) is 23.3 Å². The second-order valence-electron chi connectivity index (χ2n) is 6.45. The summed E-state index contributed by atoms with van der Waals surface area (Å²) in [5, 5.41) is 4.02. The van der Waals surface area contributed by atoms with Crippen molar-refractivity contribution in [3.05, 3.63) is 23.8 Å². The number of methoxy groups -OCH3 is 2. The van der Waals surface area contributed by atoms with Crippen molar-refractivity contribution in [1.82, 2.24) is 5.43 Å². The van der Waals surface area contributed by atoms with Crippen molar-refractivity contribution in [2.45, 2.75) is 71.1 Å². The van der Waals surface area contributed by atoms with Crippen LogP contribution in [0.25, 0.3) is 0 Å². The number of hydrogen-bond acceptors (Lipinski definition) is 4. The van der Waals surface area contributed by atoms with E-state index >= 15 is 0 Å². The predicted molar refractivity (Wildman–Crippen MR) is 107 cm³/mol. The first-order valence-electron chi connectivity index (χ1n) is 9.75. The highest BCUT2D eigenvalue weighted by Gasteiger charge is 2.07. The third kappa shape index (κ3) is 8.88. The van der Waals surface area contributed by atoms with Crippen molar-refractivity contribution in [3.8, 4) is 11.5 Å². The molecule has 1 N–H and O–H groups in total. The van der Waals surface area contributed by atoms with Gasteiger partial charge in [-0.3, -0.25) is 4.79 Å². The van der Waals surface area contributed by atoms with Gasteiger partial charge in [0, 0.05) is 12.0 Å². The van der Waals surface area contributed by atoms with Gasteiger partial charge < -0.3 is 9.47 Å². The highest BCUT2D eigenvalue weighted by Crippen LogP contribution is 2.29. The molecule has 1 aromatic carbocycles. The molecular weight excluding hydrogens is 328 g/mol. The zero-order valence-electron chi connectivity index (χ0n) is 16.6. The summed E-state index contributed by atoms with van der Waals surface area (Å²) < 4.78 is 10.6. The maximum atomic E-state index is 11.8. The molecule has 0 aliphatic rings. The Balaban J connectivity index is 2.19. The summed E-state index contributed by atoms with van der Waals surface area (Å²) in [6, 6.07) is 5.53. The molecule has 0 atom stereocenters. The number of carbonyl (C=O) groups excluding carboxylic acids is 1. The van der Waals surface area contributed by atoms with Gasteiger partial charge in [-0.25, -0.2) is 5.43 Å². The fourth-order valence-corrected chi connectivity index (χ4v) is 2.84. The summed E-state index contributed by atoms with van der Waals surface area (Å²) in [6.07, 6.45) is 13.3. The Labute approximate surface area is 158 Å². The number of hydrazone groups is 1. The lowest BCUT2D eigenvalue weighted by Gasteiger charge is -2.09. The fraction of sp³-hybridized carbons (Fsp3) is 0.619. The van der Waals surface area contributed by atoms with E-state index in [-0.39, 0.29) is 5.91 Å². The molecule has 0 radical (unpaired) electrons. The van der Waals surface area contributed by atoms with Crippen LogP contribution in [0, 0.1) is 0 Å². The molecular formula is C21H34N2O3. The fourth-order valence-electron chi connectivity index (χ4n) is 2.84. The minimum atomic E-state index is -0.0499. The maximum Gasteiger partial charge on any atom is 0.240 e. The van der Waals surface area contributed by atoms with E-state index in [0.29, 0.717) is 17.9 Å². The van der Waals surface area contributed by atoms with Gasteiger partial charge in [0.1, 0.15) is 0 Å². The minimum Gasteiger partial charge on any atom is -0.493 e. The largest absolute Gasteiger partial charge is 0.493 e. The van der Waals surface area contributed by atoms with Gasteiger partial charge in [-0.15, -0.1) is 0 Å². The van der Waals surface area contributed by atoms with Crippen molar-refractivity contribution in [2.75, 3.05) is 14.2 Å². The minimum absolute atomic E-state index is 0.0499. The number of amides is 1. The first-order valence-corrected chi connectivity index (χ1v) is 9.75. The monoisotopic (exact) mass is 362 g/mol. The number of benzene rings is 1. The van der Waals surface area contributed by atoms with Crippen LogP contribution in [0.4, 0.5) is 0 Å². The normalized spacial score (nSPS) is 10.9. The van der Waals surface area contributed by atoms with Crippen molar-refractivity contribution in [1.29, 1.82) is 0 Å². The van der Waals surface area contributed by atoms with Crippen LogP contribution >= 0.6 is 0 Å². The molecule has 5 nitrogen and oxygen atoms in total. The molecule has 5 heteroatoms. The van der Waals surface area contributed by atoms with E-state index in [1.807, 2.05) is 18.2 Å². The molecule has 0 aliphatic heterocycles. The lowest BCUT2D eigenvalue weighted by atomic mass is 10.1. The van der Waals surface area contributed by atoms with Gasteiger partial charge in [0.2, 0.25) is 5.91 Å². The van der Waals surface area contributed by atoms with E-state index in [9.17, 15) is 4.79 Å². The maximum absolute atomic E-state index is 11.8. The average Bonchev–Trinajstić information content (AvgIpc) is 2.66. The Hall–Kier alpha value is -2.04. The van der Waals surface area contributed by atoms with E-state index in [1.165, 1.54) is 44.9 Å². The Morgan fingerprint density at radius 2 is 1.65 bits per heavy atom. The van der Waals surface area contributed by atoms with Gasteiger partial charge in [-0.05, 0) is 18.6 Å². The first kappa shape index (κ1) is 22.0. The molecule has 146 valence electrons. The molecule has 0 spiro atoms. The van der Waals surface area contributed by atoms with Crippen molar-refractivity contribution < 1.29 is 14.3 Å². The Kier molecular flexibility index (Phi) is 12.0. The van der Waals surface area contributed by atoms with Crippen molar-refractivity contribution in [2.24, 2.45) is 5.10 Å². The van der Waals surface area contributed by atoms with Crippen LogP contribution in [0.1, 0.15) is 76.7 Å². The third-order valence-electron chi connectivity index (χ3n) is 4.33. The van der Waals surface area contributed by atoms with Gasteiger partial charge >= 0.3 is 0 Å². The van der Waals surface area contributed by atoms with E-state index in [2.05, 4.69) is 17.5 Å². The zero-order chi connectivity index (χ0) is 19.0. The number of hydrogen-bond donors (Lipinski definition) is 1. The summed E-state index contributed by atoms with van der Waals surface area (Å²) in [6.45, 7) is 2.24. The first-order chi connectivity index (χ1) is 12.7. The number of para-hydroxylation sites is 1. The Morgan fingerprint density at radius 3 is 2.27 bits per heavy atom. The molecule has 0 saturated heterocycles.